The normalized spacial score (nSPS) is 12.2. The molecule has 1 atom stereocenters. The van der Waals surface area contributed by atoms with Crippen LogP contribution in [-0.4, -0.2) is 33.4 Å². The summed E-state index contributed by atoms with van der Waals surface area (Å²) in [7, 11) is 1.99. The van der Waals surface area contributed by atoms with Crippen molar-refractivity contribution in [3.8, 4) is 0 Å². The van der Waals surface area contributed by atoms with Crippen molar-refractivity contribution in [1.82, 2.24) is 19.8 Å². The van der Waals surface area contributed by atoms with Crippen molar-refractivity contribution in [1.29, 1.82) is 0 Å². The van der Waals surface area contributed by atoms with Crippen molar-refractivity contribution in [2.75, 3.05) is 13.1 Å². The number of fused-ring (bicyclic) bond motifs is 1. The predicted molar refractivity (Wildman–Crippen MR) is 130 cm³/mol. The Bertz CT molecular complexity index is 1180. The van der Waals surface area contributed by atoms with E-state index in [1.165, 1.54) is 5.56 Å². The van der Waals surface area contributed by atoms with Gasteiger partial charge >= 0.3 is 0 Å². The number of nitrogens with one attached hydrogen (secondary N) is 1. The Kier molecular flexibility index (Phi) is 6.66. The Morgan fingerprint density at radius 2 is 1.59 bits per heavy atom. The molecule has 5 heteroatoms. The highest BCUT2D eigenvalue weighted by Crippen LogP contribution is 2.25. The monoisotopic (exact) mass is 426 g/mol. The highest BCUT2D eigenvalue weighted by Gasteiger charge is 2.23. The van der Waals surface area contributed by atoms with E-state index in [-0.39, 0.29) is 11.9 Å². The van der Waals surface area contributed by atoms with Gasteiger partial charge in [-0.2, -0.15) is 0 Å². The maximum absolute atomic E-state index is 13.2. The molecule has 0 radical (unpaired) electrons. The zero-order valence-corrected chi connectivity index (χ0v) is 19.0. The molecular weight excluding hydrogens is 396 g/mol. The van der Waals surface area contributed by atoms with Crippen LogP contribution in [0, 0.1) is 0 Å². The molecule has 0 aliphatic rings. The fourth-order valence-corrected chi connectivity index (χ4v) is 4.05. The molecule has 1 amide bonds. The third kappa shape index (κ3) is 4.58. The second-order valence-corrected chi connectivity index (χ2v) is 7.99. The van der Waals surface area contributed by atoms with Gasteiger partial charge in [-0.25, -0.2) is 4.98 Å². The maximum Gasteiger partial charge on any atom is 0.252 e. The minimum Gasteiger partial charge on any atom is -0.338 e. The molecule has 5 nitrogen and oxygen atoms in total. The number of para-hydroxylation sites is 2. The van der Waals surface area contributed by atoms with Crippen molar-refractivity contribution in [2.24, 2.45) is 7.05 Å². The van der Waals surface area contributed by atoms with Crippen LogP contribution in [-0.2, 0) is 13.6 Å². The first-order valence-corrected chi connectivity index (χ1v) is 11.2. The number of amides is 1. The molecule has 4 rings (SSSR count). The minimum absolute atomic E-state index is 0.111. The lowest BCUT2D eigenvalue weighted by Gasteiger charge is -2.20. The first kappa shape index (κ1) is 21.8. The number of imidazole rings is 1. The van der Waals surface area contributed by atoms with Gasteiger partial charge in [0.15, 0.2) is 0 Å². The van der Waals surface area contributed by atoms with Crippen LogP contribution in [0.3, 0.4) is 0 Å². The molecule has 0 saturated heterocycles. The first-order valence-electron chi connectivity index (χ1n) is 11.2. The summed E-state index contributed by atoms with van der Waals surface area (Å²) in [6.45, 7) is 7.23. The zero-order chi connectivity index (χ0) is 22.5. The number of hydrogen-bond donors (Lipinski definition) is 1. The van der Waals surface area contributed by atoms with Crippen LogP contribution in [0.1, 0.15) is 47.2 Å². The predicted octanol–water partition coefficient (Wildman–Crippen LogP) is 4.93. The standard InChI is InChI=1S/C27H30N4O/c1-4-31(5-2)19-20-15-17-22(18-16-20)27(32)29-25(21-11-7-6-8-12-21)26-28-23-13-9-10-14-24(23)30(26)3/h6-18,25H,4-5,19H2,1-3H3,(H,29,32). The van der Waals surface area contributed by atoms with E-state index in [9.17, 15) is 4.79 Å². The first-order chi connectivity index (χ1) is 15.6. The number of carbonyl (C=O) groups is 1. The van der Waals surface area contributed by atoms with Crippen LogP contribution in [0.15, 0.2) is 78.9 Å². The number of rotatable bonds is 8. The molecule has 0 spiro atoms. The number of aryl methyl sites for hydroxylation is 1. The van der Waals surface area contributed by atoms with Crippen LogP contribution in [0.5, 0.6) is 0 Å². The van der Waals surface area contributed by atoms with Crippen molar-refractivity contribution in [3.63, 3.8) is 0 Å². The third-order valence-corrected chi connectivity index (χ3v) is 6.01. The second kappa shape index (κ2) is 9.79. The summed E-state index contributed by atoms with van der Waals surface area (Å²) < 4.78 is 2.06. The zero-order valence-electron chi connectivity index (χ0n) is 19.0. The van der Waals surface area contributed by atoms with E-state index in [4.69, 9.17) is 4.98 Å². The molecule has 1 N–H and O–H groups in total. The lowest BCUT2D eigenvalue weighted by molar-refractivity contribution is 0.0941. The van der Waals surface area contributed by atoms with Crippen molar-refractivity contribution in [2.45, 2.75) is 26.4 Å². The van der Waals surface area contributed by atoms with Crippen LogP contribution in [0.4, 0.5) is 0 Å². The van der Waals surface area contributed by atoms with E-state index in [1.807, 2.05) is 85.9 Å². The summed E-state index contributed by atoms with van der Waals surface area (Å²) in [4.78, 5) is 20.4. The number of aromatic nitrogens is 2. The number of benzene rings is 3. The molecule has 1 unspecified atom stereocenters. The summed E-state index contributed by atoms with van der Waals surface area (Å²) >= 11 is 0. The highest BCUT2D eigenvalue weighted by atomic mass is 16.1. The molecule has 1 heterocycles. The van der Waals surface area contributed by atoms with Crippen LogP contribution < -0.4 is 5.32 Å². The lowest BCUT2D eigenvalue weighted by atomic mass is 10.0. The van der Waals surface area contributed by atoms with Gasteiger partial charge in [-0.15, -0.1) is 0 Å². The topological polar surface area (TPSA) is 50.2 Å². The van der Waals surface area contributed by atoms with Crippen LogP contribution in [0.25, 0.3) is 11.0 Å². The molecule has 0 aliphatic heterocycles. The molecule has 1 aromatic heterocycles. The summed E-state index contributed by atoms with van der Waals surface area (Å²) in [6, 6.07) is 25.6. The van der Waals surface area contributed by atoms with Gasteiger partial charge < -0.3 is 9.88 Å². The molecule has 0 aliphatic carbocycles. The Balaban J connectivity index is 1.62. The van der Waals surface area contributed by atoms with E-state index >= 15 is 0 Å². The fourth-order valence-electron chi connectivity index (χ4n) is 4.05. The fraction of sp³-hybridized carbons (Fsp3) is 0.259. The molecule has 164 valence electrons. The Morgan fingerprint density at radius 1 is 0.938 bits per heavy atom. The largest absolute Gasteiger partial charge is 0.338 e. The van der Waals surface area contributed by atoms with Gasteiger partial charge in [0.25, 0.3) is 5.91 Å². The van der Waals surface area contributed by atoms with Gasteiger partial charge in [-0.05, 0) is 48.5 Å². The molecule has 0 saturated carbocycles. The maximum atomic E-state index is 13.2. The van der Waals surface area contributed by atoms with E-state index in [1.54, 1.807) is 0 Å². The van der Waals surface area contributed by atoms with Gasteiger partial charge in [-0.1, -0.05) is 68.4 Å². The van der Waals surface area contributed by atoms with E-state index in [0.717, 1.165) is 42.1 Å². The van der Waals surface area contributed by atoms with Gasteiger partial charge in [0.2, 0.25) is 0 Å². The summed E-state index contributed by atoms with van der Waals surface area (Å²) in [5, 5.41) is 3.22. The lowest BCUT2D eigenvalue weighted by Crippen LogP contribution is -2.31. The summed E-state index contributed by atoms with van der Waals surface area (Å²) in [5.74, 6) is 0.698. The van der Waals surface area contributed by atoms with Crippen LogP contribution >= 0.6 is 0 Å². The van der Waals surface area contributed by atoms with Crippen LogP contribution in [0.2, 0.25) is 0 Å². The summed E-state index contributed by atoms with van der Waals surface area (Å²) in [5.41, 5.74) is 4.81. The average Bonchev–Trinajstić information content (AvgIpc) is 3.18. The summed E-state index contributed by atoms with van der Waals surface area (Å²) in [6.07, 6.45) is 0. The number of hydrogen-bond acceptors (Lipinski definition) is 3. The van der Waals surface area contributed by atoms with Crippen molar-refractivity contribution in [3.05, 3.63) is 101 Å². The smallest absolute Gasteiger partial charge is 0.252 e. The second-order valence-electron chi connectivity index (χ2n) is 7.99. The molecule has 4 aromatic rings. The SMILES string of the molecule is CCN(CC)Cc1ccc(C(=O)NC(c2ccccc2)c2nc3ccccc3n2C)cc1. The van der Waals surface area contributed by atoms with E-state index in [2.05, 4.69) is 28.6 Å². The van der Waals surface area contributed by atoms with E-state index < -0.39 is 0 Å². The minimum atomic E-state index is -0.351. The molecule has 32 heavy (non-hydrogen) atoms. The third-order valence-electron chi connectivity index (χ3n) is 6.01. The Morgan fingerprint density at radius 3 is 2.25 bits per heavy atom. The average molecular weight is 427 g/mol. The number of nitrogens with zero attached hydrogens (tertiary/aromatic N) is 3. The van der Waals surface area contributed by atoms with Gasteiger partial charge in [-0.3, -0.25) is 9.69 Å². The number of carbonyl (C=O) groups excluding carboxylic acids is 1. The van der Waals surface area contributed by atoms with Gasteiger partial charge in [0, 0.05) is 19.2 Å². The van der Waals surface area contributed by atoms with Gasteiger partial charge in [0.05, 0.1) is 11.0 Å². The molecule has 3 aromatic carbocycles. The molecular formula is C27H30N4O. The Hall–Kier alpha value is -3.44. The van der Waals surface area contributed by atoms with E-state index in [0.29, 0.717) is 5.56 Å². The molecule has 0 fully saturated rings. The van der Waals surface area contributed by atoms with Gasteiger partial charge in [0.1, 0.15) is 11.9 Å². The van der Waals surface area contributed by atoms with Crippen molar-refractivity contribution >= 4 is 16.9 Å². The van der Waals surface area contributed by atoms with Crippen molar-refractivity contribution < 1.29 is 4.79 Å². The molecule has 0 bridgehead atoms. The highest BCUT2D eigenvalue weighted by molar-refractivity contribution is 5.94. The Labute approximate surface area is 189 Å². The quantitative estimate of drug-likeness (QED) is 0.434.